The van der Waals surface area contributed by atoms with Gasteiger partial charge >= 0.3 is 0 Å². The first-order valence-electron chi connectivity index (χ1n) is 10.9. The average Bonchev–Trinajstić information content (AvgIpc) is 2.76. The quantitative estimate of drug-likeness (QED) is 0.806. The topological polar surface area (TPSA) is 58.6 Å². The van der Waals surface area contributed by atoms with Crippen LogP contribution in [-0.2, 0) is 17.6 Å². The highest BCUT2D eigenvalue weighted by atomic mass is 16.5. The zero-order valence-corrected chi connectivity index (χ0v) is 17.9. The number of amides is 1. The fourth-order valence-electron chi connectivity index (χ4n) is 5.09. The molecule has 0 bridgehead atoms. The lowest BCUT2D eigenvalue weighted by atomic mass is 9.71. The Labute approximate surface area is 178 Å². The number of Topliss-reactive ketones (excluding diaryl/α,β-unsaturated/α-hetero) is 1. The van der Waals surface area contributed by atoms with Gasteiger partial charge in [0.05, 0.1) is 12.6 Å². The maximum atomic E-state index is 13.7. The van der Waals surface area contributed by atoms with Crippen molar-refractivity contribution >= 4 is 17.4 Å². The molecule has 5 heteroatoms. The second-order valence-electron chi connectivity index (χ2n) is 8.42. The number of ketones is 1. The zero-order chi connectivity index (χ0) is 21.1. The van der Waals surface area contributed by atoms with Gasteiger partial charge in [-0.3, -0.25) is 14.5 Å². The number of ether oxygens (including phenoxy) is 1. The summed E-state index contributed by atoms with van der Waals surface area (Å²) >= 11 is 0. The number of hydrogen-bond donors (Lipinski definition) is 1. The molecule has 1 aliphatic carbocycles. The maximum Gasteiger partial charge on any atom is 0.221 e. The van der Waals surface area contributed by atoms with E-state index in [0.717, 1.165) is 79.7 Å². The number of methoxy groups -OCH3 is 1. The Hall–Kier alpha value is -2.66. The summed E-state index contributed by atoms with van der Waals surface area (Å²) in [4.78, 5) is 27.6. The van der Waals surface area contributed by atoms with Crippen LogP contribution in [0.15, 0.2) is 42.5 Å². The third kappa shape index (κ3) is 3.86. The van der Waals surface area contributed by atoms with Crippen LogP contribution in [0.1, 0.15) is 54.1 Å². The van der Waals surface area contributed by atoms with Gasteiger partial charge in [-0.25, -0.2) is 0 Å². The van der Waals surface area contributed by atoms with E-state index >= 15 is 0 Å². The number of rotatable bonds is 5. The molecule has 1 heterocycles. The molecule has 0 radical (unpaired) electrons. The van der Waals surface area contributed by atoms with Crippen molar-refractivity contribution in [2.45, 2.75) is 51.0 Å². The second-order valence-corrected chi connectivity index (χ2v) is 8.42. The molecule has 1 amide bonds. The van der Waals surface area contributed by atoms with E-state index in [2.05, 4.69) is 16.3 Å². The zero-order valence-electron chi connectivity index (χ0n) is 17.9. The van der Waals surface area contributed by atoms with E-state index < -0.39 is 5.54 Å². The largest absolute Gasteiger partial charge is 0.497 e. The van der Waals surface area contributed by atoms with Crippen molar-refractivity contribution in [2.24, 2.45) is 0 Å². The summed E-state index contributed by atoms with van der Waals surface area (Å²) in [7, 11) is 1.66. The van der Waals surface area contributed by atoms with Crippen molar-refractivity contribution < 1.29 is 14.3 Å². The fourth-order valence-corrected chi connectivity index (χ4v) is 5.09. The van der Waals surface area contributed by atoms with Gasteiger partial charge < -0.3 is 10.1 Å². The number of benzene rings is 2. The van der Waals surface area contributed by atoms with E-state index in [0.29, 0.717) is 0 Å². The van der Waals surface area contributed by atoms with E-state index in [9.17, 15) is 9.59 Å². The summed E-state index contributed by atoms with van der Waals surface area (Å²) in [6.07, 6.45) is 5.70. The summed E-state index contributed by atoms with van der Waals surface area (Å²) in [5.74, 6) is 1.01. The van der Waals surface area contributed by atoms with Gasteiger partial charge in [-0.1, -0.05) is 18.2 Å². The molecule has 1 atom stereocenters. The van der Waals surface area contributed by atoms with Crippen LogP contribution < -0.4 is 10.1 Å². The summed E-state index contributed by atoms with van der Waals surface area (Å²) in [5.41, 5.74) is 3.53. The molecule has 0 saturated carbocycles. The summed E-state index contributed by atoms with van der Waals surface area (Å²) in [5, 5.41) is 2.93. The van der Waals surface area contributed by atoms with Crippen LogP contribution in [-0.4, -0.2) is 42.3 Å². The molecule has 4 rings (SSSR count). The van der Waals surface area contributed by atoms with Gasteiger partial charge in [-0.2, -0.15) is 0 Å². The number of likely N-dealkylation sites (tertiary alicyclic amines) is 1. The van der Waals surface area contributed by atoms with Gasteiger partial charge in [0.25, 0.3) is 0 Å². The standard InChI is InChI=1S/C25H30N2O3/c1-18(28)26-23-8-4-3-7-19(23)12-16-27-15-6-5-13-25(27)14-11-20-17-21(30-2)9-10-22(20)24(25)29/h3-4,7-10,17H,5-6,11-16H2,1-2H3,(H,26,28). The molecule has 158 valence electrons. The van der Waals surface area contributed by atoms with Crippen LogP contribution in [0.2, 0.25) is 0 Å². The number of aryl methyl sites for hydroxylation is 1. The molecule has 2 aromatic rings. The molecule has 1 aliphatic heterocycles. The molecule has 30 heavy (non-hydrogen) atoms. The molecule has 1 saturated heterocycles. The number of fused-ring (bicyclic) bond motifs is 1. The number of nitrogens with zero attached hydrogens (tertiary/aromatic N) is 1. The van der Waals surface area contributed by atoms with Gasteiger partial charge in [0.15, 0.2) is 5.78 Å². The van der Waals surface area contributed by atoms with Gasteiger partial charge in [-0.05, 0) is 80.5 Å². The third-order valence-electron chi connectivity index (χ3n) is 6.64. The van der Waals surface area contributed by atoms with Crippen LogP contribution in [0, 0.1) is 0 Å². The highest BCUT2D eigenvalue weighted by Crippen LogP contribution is 2.40. The minimum absolute atomic E-state index is 0.0635. The lowest BCUT2D eigenvalue weighted by Crippen LogP contribution is -2.59. The highest BCUT2D eigenvalue weighted by molar-refractivity contribution is 6.05. The van der Waals surface area contributed by atoms with Crippen molar-refractivity contribution in [3.8, 4) is 5.75 Å². The van der Waals surface area contributed by atoms with Gasteiger partial charge in [0, 0.05) is 24.7 Å². The Morgan fingerprint density at radius 2 is 2.00 bits per heavy atom. The third-order valence-corrected chi connectivity index (χ3v) is 6.64. The molecule has 1 N–H and O–H groups in total. The van der Waals surface area contributed by atoms with Crippen molar-refractivity contribution in [3.63, 3.8) is 0 Å². The van der Waals surface area contributed by atoms with E-state index in [-0.39, 0.29) is 11.7 Å². The number of anilines is 1. The first kappa shape index (κ1) is 20.6. The van der Waals surface area contributed by atoms with Gasteiger partial charge in [0.1, 0.15) is 5.75 Å². The van der Waals surface area contributed by atoms with Crippen molar-refractivity contribution in [3.05, 3.63) is 59.2 Å². The predicted molar refractivity (Wildman–Crippen MR) is 118 cm³/mol. The summed E-state index contributed by atoms with van der Waals surface area (Å²) < 4.78 is 5.35. The Balaban J connectivity index is 1.57. The van der Waals surface area contributed by atoms with Crippen LogP contribution in [0.4, 0.5) is 5.69 Å². The van der Waals surface area contributed by atoms with Gasteiger partial charge in [-0.15, -0.1) is 0 Å². The van der Waals surface area contributed by atoms with Crippen LogP contribution in [0.25, 0.3) is 0 Å². The molecular formula is C25H30N2O3. The normalized spacial score (nSPS) is 21.3. The molecule has 1 fully saturated rings. The van der Waals surface area contributed by atoms with Crippen LogP contribution in [0.5, 0.6) is 5.75 Å². The summed E-state index contributed by atoms with van der Waals surface area (Å²) in [6.45, 7) is 3.29. The molecule has 1 unspecified atom stereocenters. The molecule has 2 aromatic carbocycles. The van der Waals surface area contributed by atoms with Crippen LogP contribution >= 0.6 is 0 Å². The van der Waals surface area contributed by atoms with Crippen molar-refractivity contribution in [1.29, 1.82) is 0 Å². The number of piperidine rings is 1. The van der Waals surface area contributed by atoms with Crippen molar-refractivity contribution in [2.75, 3.05) is 25.5 Å². The maximum absolute atomic E-state index is 13.7. The number of para-hydroxylation sites is 1. The number of carbonyl (C=O) groups excluding carboxylic acids is 2. The van der Waals surface area contributed by atoms with Crippen LogP contribution in [0.3, 0.4) is 0 Å². The van der Waals surface area contributed by atoms with Crippen molar-refractivity contribution in [1.82, 2.24) is 4.90 Å². The monoisotopic (exact) mass is 406 g/mol. The van der Waals surface area contributed by atoms with E-state index in [1.165, 1.54) is 6.92 Å². The molecule has 1 spiro atoms. The first-order chi connectivity index (χ1) is 14.5. The molecule has 0 aromatic heterocycles. The smallest absolute Gasteiger partial charge is 0.221 e. The molecule has 2 aliphatic rings. The molecular weight excluding hydrogens is 376 g/mol. The SMILES string of the molecule is COc1ccc2c(c1)CCC1(CCCCN1CCc1ccccc1NC(C)=O)C2=O. The fraction of sp³-hybridized carbons (Fsp3) is 0.440. The summed E-state index contributed by atoms with van der Waals surface area (Å²) in [6, 6.07) is 13.8. The number of nitrogens with one attached hydrogen (secondary N) is 1. The minimum Gasteiger partial charge on any atom is -0.497 e. The lowest BCUT2D eigenvalue weighted by Gasteiger charge is -2.48. The average molecular weight is 407 g/mol. The Morgan fingerprint density at radius 1 is 1.17 bits per heavy atom. The van der Waals surface area contributed by atoms with E-state index in [4.69, 9.17) is 4.74 Å². The lowest BCUT2D eigenvalue weighted by molar-refractivity contribution is -0.114. The Bertz CT molecular complexity index is 955. The number of carbonyl (C=O) groups is 2. The molecule has 5 nitrogen and oxygen atoms in total. The minimum atomic E-state index is -0.400. The Kier molecular flexibility index (Phi) is 5.91. The predicted octanol–water partition coefficient (Wildman–Crippen LogP) is 4.25. The van der Waals surface area contributed by atoms with E-state index in [1.807, 2.05) is 36.4 Å². The Morgan fingerprint density at radius 3 is 2.80 bits per heavy atom. The number of hydrogen-bond acceptors (Lipinski definition) is 4. The second kappa shape index (κ2) is 8.60. The first-order valence-corrected chi connectivity index (χ1v) is 10.9. The van der Waals surface area contributed by atoms with Gasteiger partial charge in [0.2, 0.25) is 5.91 Å². The van der Waals surface area contributed by atoms with E-state index in [1.54, 1.807) is 7.11 Å². The highest BCUT2D eigenvalue weighted by Gasteiger charge is 2.47.